The van der Waals surface area contributed by atoms with Crippen LogP contribution in [0.25, 0.3) is 0 Å². The number of aliphatic hydroxyl groups is 1. The second-order valence-corrected chi connectivity index (χ2v) is 5.47. The predicted octanol–water partition coefficient (Wildman–Crippen LogP) is 1.70. The van der Waals surface area contributed by atoms with Crippen molar-refractivity contribution in [2.75, 3.05) is 6.54 Å². The lowest BCUT2D eigenvalue weighted by Gasteiger charge is -2.19. The van der Waals surface area contributed by atoms with Gasteiger partial charge in [-0.15, -0.1) is 0 Å². The molecule has 2 rings (SSSR count). The fourth-order valence-corrected chi connectivity index (χ4v) is 2.07. The maximum absolute atomic E-state index is 12.0. The summed E-state index contributed by atoms with van der Waals surface area (Å²) >= 11 is 5.76. The van der Waals surface area contributed by atoms with Crippen molar-refractivity contribution in [2.45, 2.75) is 25.5 Å². The van der Waals surface area contributed by atoms with E-state index in [0.717, 1.165) is 4.90 Å². The Kier molecular flexibility index (Phi) is 3.52. The van der Waals surface area contributed by atoms with Crippen LogP contribution in [-0.4, -0.2) is 34.0 Å². The molecule has 1 heterocycles. The van der Waals surface area contributed by atoms with Crippen molar-refractivity contribution in [3.8, 4) is 0 Å². The van der Waals surface area contributed by atoms with Crippen LogP contribution in [0.5, 0.6) is 0 Å². The van der Waals surface area contributed by atoms with E-state index in [4.69, 9.17) is 11.6 Å². The highest BCUT2D eigenvalue weighted by atomic mass is 35.5. The Labute approximate surface area is 116 Å². The summed E-state index contributed by atoms with van der Waals surface area (Å²) in [6, 6.07) is 6.14. The van der Waals surface area contributed by atoms with Gasteiger partial charge in [0.05, 0.1) is 12.6 Å². The Morgan fingerprint density at radius 2 is 1.89 bits per heavy atom. The number of aliphatic hydroxyl groups excluding tert-OH is 1. The second kappa shape index (κ2) is 4.83. The quantitative estimate of drug-likeness (QED) is 0.829. The van der Waals surface area contributed by atoms with Crippen LogP contribution >= 0.6 is 11.6 Å². The number of nitrogens with one attached hydrogen (secondary N) is 1. The lowest BCUT2D eigenvalue weighted by Crippen LogP contribution is -2.40. The molecule has 1 aliphatic heterocycles. The summed E-state index contributed by atoms with van der Waals surface area (Å²) in [6.07, 6.45) is -0.930. The summed E-state index contributed by atoms with van der Waals surface area (Å²) in [7, 11) is 0. The van der Waals surface area contributed by atoms with Gasteiger partial charge >= 0.3 is 6.03 Å². The smallest absolute Gasteiger partial charge is 0.325 e. The van der Waals surface area contributed by atoms with Crippen LogP contribution in [0.2, 0.25) is 5.02 Å². The zero-order chi connectivity index (χ0) is 14.2. The van der Waals surface area contributed by atoms with E-state index >= 15 is 0 Å². The van der Waals surface area contributed by atoms with Gasteiger partial charge in [-0.1, -0.05) is 23.7 Å². The molecule has 1 aromatic rings. The first-order valence-corrected chi connectivity index (χ1v) is 6.27. The van der Waals surface area contributed by atoms with Crippen LogP contribution in [0.4, 0.5) is 4.79 Å². The number of amides is 3. The lowest BCUT2D eigenvalue weighted by atomic mass is 10.1. The number of nitrogens with zero attached hydrogens (tertiary/aromatic N) is 1. The van der Waals surface area contributed by atoms with Gasteiger partial charge in [-0.05, 0) is 31.5 Å². The molecule has 0 radical (unpaired) electrons. The van der Waals surface area contributed by atoms with Crippen molar-refractivity contribution >= 4 is 23.5 Å². The van der Waals surface area contributed by atoms with Crippen molar-refractivity contribution in [3.05, 3.63) is 34.9 Å². The van der Waals surface area contributed by atoms with E-state index in [2.05, 4.69) is 5.32 Å². The van der Waals surface area contributed by atoms with Gasteiger partial charge < -0.3 is 10.4 Å². The van der Waals surface area contributed by atoms with E-state index in [1.54, 1.807) is 38.1 Å². The molecular weight excluding hydrogens is 268 g/mol. The maximum Gasteiger partial charge on any atom is 0.325 e. The highest BCUT2D eigenvalue weighted by Crippen LogP contribution is 2.22. The normalized spacial score (nSPS) is 19.5. The predicted molar refractivity (Wildman–Crippen MR) is 70.7 cm³/mol. The molecule has 102 valence electrons. The molecule has 1 fully saturated rings. The fraction of sp³-hybridized carbons (Fsp3) is 0.385. The Balaban J connectivity index is 2.11. The topological polar surface area (TPSA) is 69.6 Å². The molecule has 19 heavy (non-hydrogen) atoms. The van der Waals surface area contributed by atoms with Gasteiger partial charge in [0.15, 0.2) is 0 Å². The monoisotopic (exact) mass is 282 g/mol. The number of imide groups is 1. The third-order valence-corrected chi connectivity index (χ3v) is 3.31. The minimum Gasteiger partial charge on any atom is -0.387 e. The first-order chi connectivity index (χ1) is 8.81. The minimum atomic E-state index is -0.930. The number of rotatable bonds is 3. The van der Waals surface area contributed by atoms with Gasteiger partial charge in [-0.2, -0.15) is 0 Å². The van der Waals surface area contributed by atoms with Crippen molar-refractivity contribution < 1.29 is 14.7 Å². The molecule has 0 aromatic heterocycles. The summed E-state index contributed by atoms with van der Waals surface area (Å²) in [5, 5.41) is 13.2. The fourth-order valence-electron chi connectivity index (χ4n) is 1.95. The van der Waals surface area contributed by atoms with Gasteiger partial charge in [0.2, 0.25) is 0 Å². The zero-order valence-corrected chi connectivity index (χ0v) is 11.4. The second-order valence-electron chi connectivity index (χ2n) is 5.04. The first-order valence-electron chi connectivity index (χ1n) is 5.89. The highest BCUT2D eigenvalue weighted by Gasteiger charge is 2.44. The van der Waals surface area contributed by atoms with Crippen molar-refractivity contribution in [3.63, 3.8) is 0 Å². The lowest BCUT2D eigenvalue weighted by molar-refractivity contribution is -0.131. The Morgan fingerprint density at radius 3 is 2.37 bits per heavy atom. The molecule has 0 aliphatic carbocycles. The standard InChI is InChI=1S/C13H15ClN2O3/c1-13(2)11(18)16(12(19)15-13)7-10(17)8-3-5-9(14)6-4-8/h3-6,10,17H,7H2,1-2H3,(H,15,19). The average molecular weight is 283 g/mol. The number of hydrogen-bond acceptors (Lipinski definition) is 3. The van der Waals surface area contributed by atoms with Gasteiger partial charge in [-0.25, -0.2) is 4.79 Å². The number of hydrogen-bond donors (Lipinski definition) is 2. The van der Waals surface area contributed by atoms with Crippen molar-refractivity contribution in [1.29, 1.82) is 0 Å². The molecule has 0 bridgehead atoms. The van der Waals surface area contributed by atoms with E-state index in [-0.39, 0.29) is 12.5 Å². The summed E-state index contributed by atoms with van der Waals surface area (Å²) in [6.45, 7) is 3.18. The van der Waals surface area contributed by atoms with E-state index in [0.29, 0.717) is 10.6 Å². The number of carbonyl (C=O) groups excluding carboxylic acids is 2. The first kappa shape index (κ1) is 13.8. The van der Waals surface area contributed by atoms with Crippen LogP contribution in [0, 0.1) is 0 Å². The molecule has 1 aromatic carbocycles. The third-order valence-electron chi connectivity index (χ3n) is 3.05. The van der Waals surface area contributed by atoms with E-state index in [1.165, 1.54) is 0 Å². The Morgan fingerprint density at radius 1 is 1.32 bits per heavy atom. The van der Waals surface area contributed by atoms with Crippen LogP contribution in [-0.2, 0) is 4.79 Å². The van der Waals surface area contributed by atoms with Crippen LogP contribution in [0.15, 0.2) is 24.3 Å². The number of carbonyl (C=O) groups is 2. The van der Waals surface area contributed by atoms with E-state index in [1.807, 2.05) is 0 Å². The Hall–Kier alpha value is -1.59. The minimum absolute atomic E-state index is 0.0737. The molecule has 5 nitrogen and oxygen atoms in total. The molecule has 1 unspecified atom stereocenters. The zero-order valence-electron chi connectivity index (χ0n) is 10.7. The number of β-amino-alcohol motifs (C(OH)–C–C–N with tert-alkyl or cyclic N) is 1. The molecule has 6 heteroatoms. The molecule has 3 amide bonds. The number of urea groups is 1. The van der Waals surface area contributed by atoms with Gasteiger partial charge in [0, 0.05) is 5.02 Å². The van der Waals surface area contributed by atoms with Gasteiger partial charge in [0.1, 0.15) is 5.54 Å². The Bertz CT molecular complexity index is 513. The van der Waals surface area contributed by atoms with E-state index in [9.17, 15) is 14.7 Å². The van der Waals surface area contributed by atoms with Crippen molar-refractivity contribution in [1.82, 2.24) is 10.2 Å². The van der Waals surface area contributed by atoms with Crippen LogP contribution in [0.3, 0.4) is 0 Å². The molecule has 1 atom stereocenters. The molecule has 0 saturated carbocycles. The molecule has 1 saturated heterocycles. The average Bonchev–Trinajstić information content (AvgIpc) is 2.52. The van der Waals surface area contributed by atoms with E-state index < -0.39 is 17.7 Å². The van der Waals surface area contributed by atoms with Gasteiger partial charge in [-0.3, -0.25) is 9.69 Å². The molecule has 0 spiro atoms. The summed E-state index contributed by atoms with van der Waals surface area (Å²) < 4.78 is 0. The number of halogens is 1. The maximum atomic E-state index is 12.0. The highest BCUT2D eigenvalue weighted by molar-refractivity contribution is 6.30. The summed E-state index contributed by atoms with van der Waals surface area (Å²) in [4.78, 5) is 24.7. The summed E-state index contributed by atoms with van der Waals surface area (Å²) in [5.41, 5.74) is -0.314. The third kappa shape index (κ3) is 2.72. The van der Waals surface area contributed by atoms with Crippen LogP contribution in [0.1, 0.15) is 25.5 Å². The van der Waals surface area contributed by atoms with Crippen LogP contribution < -0.4 is 5.32 Å². The molecule has 1 aliphatic rings. The largest absolute Gasteiger partial charge is 0.387 e. The summed E-state index contributed by atoms with van der Waals surface area (Å²) in [5.74, 6) is -0.342. The SMILES string of the molecule is CC1(C)NC(=O)N(CC(O)c2ccc(Cl)cc2)C1=O. The van der Waals surface area contributed by atoms with Crippen molar-refractivity contribution in [2.24, 2.45) is 0 Å². The molecule has 2 N–H and O–H groups in total. The molecular formula is C13H15ClN2O3. The number of benzene rings is 1. The van der Waals surface area contributed by atoms with Gasteiger partial charge in [0.25, 0.3) is 5.91 Å².